The highest BCUT2D eigenvalue weighted by molar-refractivity contribution is 14.0. The fraction of sp³-hybridized carbons (Fsp3) is 0.737. The number of thiophene rings is 1. The highest BCUT2D eigenvalue weighted by Crippen LogP contribution is 2.48. The van der Waals surface area contributed by atoms with Crippen LogP contribution in [0.4, 0.5) is 0 Å². The number of hydrogen-bond acceptors (Lipinski definition) is 4. The SMILES string of the molecule is CCOCCC1(CNC(=NC)N2CCN(Cc3ccc(Br)s3)CC2)CC1.I. The monoisotopic (exact) mass is 570 g/mol. The highest BCUT2D eigenvalue weighted by Gasteiger charge is 2.42. The zero-order chi connectivity index (χ0) is 18.4. The Morgan fingerprint density at radius 2 is 2.04 bits per heavy atom. The van der Waals surface area contributed by atoms with E-state index >= 15 is 0 Å². The molecule has 5 nitrogen and oxygen atoms in total. The molecular formula is C19H32BrIN4OS. The fourth-order valence-corrected chi connectivity index (χ4v) is 5.02. The molecule has 0 unspecified atom stereocenters. The lowest BCUT2D eigenvalue weighted by Gasteiger charge is -2.36. The van der Waals surface area contributed by atoms with Gasteiger partial charge in [0.2, 0.25) is 0 Å². The average Bonchev–Trinajstić information content (AvgIpc) is 3.30. The molecule has 1 aliphatic carbocycles. The number of rotatable bonds is 8. The highest BCUT2D eigenvalue weighted by atomic mass is 127. The summed E-state index contributed by atoms with van der Waals surface area (Å²) in [5.41, 5.74) is 0.444. The quantitative estimate of drug-likeness (QED) is 0.222. The summed E-state index contributed by atoms with van der Waals surface area (Å²) in [6.07, 6.45) is 3.79. The van der Waals surface area contributed by atoms with Crippen LogP contribution in [0, 0.1) is 5.41 Å². The van der Waals surface area contributed by atoms with Gasteiger partial charge < -0.3 is 15.0 Å². The van der Waals surface area contributed by atoms with E-state index in [1.165, 1.54) is 21.5 Å². The molecule has 1 aromatic rings. The first-order valence-electron chi connectivity index (χ1n) is 9.64. The van der Waals surface area contributed by atoms with Crippen LogP contribution in [0.25, 0.3) is 0 Å². The molecule has 1 saturated carbocycles. The van der Waals surface area contributed by atoms with Crippen molar-refractivity contribution in [2.75, 3.05) is 53.0 Å². The topological polar surface area (TPSA) is 40.1 Å². The second-order valence-corrected chi connectivity index (χ2v) is 9.86. The summed E-state index contributed by atoms with van der Waals surface area (Å²) in [7, 11) is 1.90. The van der Waals surface area contributed by atoms with E-state index in [-0.39, 0.29) is 24.0 Å². The van der Waals surface area contributed by atoms with Crippen LogP contribution >= 0.6 is 51.2 Å². The Hall–Kier alpha value is 0.1000. The molecule has 2 heterocycles. The van der Waals surface area contributed by atoms with Crippen LogP contribution in [0.3, 0.4) is 0 Å². The number of ether oxygens (including phenoxy) is 1. The fourth-order valence-electron chi connectivity index (χ4n) is 3.50. The molecule has 2 aliphatic rings. The molecule has 1 aromatic heterocycles. The minimum absolute atomic E-state index is 0. The Morgan fingerprint density at radius 1 is 1.30 bits per heavy atom. The van der Waals surface area contributed by atoms with E-state index in [0.29, 0.717) is 5.41 Å². The lowest BCUT2D eigenvalue weighted by molar-refractivity contribution is 0.128. The molecular weight excluding hydrogens is 539 g/mol. The van der Waals surface area contributed by atoms with Gasteiger partial charge in [-0.05, 0) is 59.7 Å². The molecule has 1 N–H and O–H groups in total. The van der Waals surface area contributed by atoms with Crippen LogP contribution in [-0.4, -0.2) is 68.7 Å². The predicted octanol–water partition coefficient (Wildman–Crippen LogP) is 4.03. The summed E-state index contributed by atoms with van der Waals surface area (Å²) in [6, 6.07) is 4.36. The Kier molecular flexibility index (Phi) is 9.81. The first-order valence-corrected chi connectivity index (χ1v) is 11.2. The summed E-state index contributed by atoms with van der Waals surface area (Å²) in [6.45, 7) is 10.1. The van der Waals surface area contributed by atoms with Crippen molar-refractivity contribution in [3.05, 3.63) is 20.8 Å². The molecule has 8 heteroatoms. The molecule has 2 fully saturated rings. The number of hydrogen-bond donors (Lipinski definition) is 1. The molecule has 0 aromatic carbocycles. The van der Waals surface area contributed by atoms with Gasteiger partial charge in [-0.15, -0.1) is 35.3 Å². The summed E-state index contributed by atoms with van der Waals surface area (Å²) < 4.78 is 6.76. The normalized spacial score (nSPS) is 19.7. The molecule has 0 spiro atoms. The first kappa shape index (κ1) is 23.4. The number of aliphatic imine (C=N–C) groups is 1. The van der Waals surface area contributed by atoms with Gasteiger partial charge in [-0.1, -0.05) is 0 Å². The van der Waals surface area contributed by atoms with Gasteiger partial charge in [-0.3, -0.25) is 9.89 Å². The van der Waals surface area contributed by atoms with Crippen molar-refractivity contribution in [2.45, 2.75) is 32.7 Å². The Labute approximate surface area is 193 Å². The van der Waals surface area contributed by atoms with Crippen LogP contribution in [0.1, 0.15) is 31.1 Å². The van der Waals surface area contributed by atoms with Crippen molar-refractivity contribution in [1.82, 2.24) is 15.1 Å². The Morgan fingerprint density at radius 3 is 2.59 bits per heavy atom. The zero-order valence-corrected chi connectivity index (χ0v) is 21.1. The third-order valence-corrected chi connectivity index (χ3v) is 7.06. The van der Waals surface area contributed by atoms with E-state index in [9.17, 15) is 0 Å². The second kappa shape index (κ2) is 11.3. The summed E-state index contributed by atoms with van der Waals surface area (Å²) in [4.78, 5) is 10.9. The molecule has 0 radical (unpaired) electrons. The standard InChI is InChI=1S/C19H31BrN4OS.HI/c1-3-25-13-8-19(6-7-19)15-22-18(21-2)24-11-9-23(10-12-24)14-16-4-5-17(20)26-16;/h4-5H,3,6-15H2,1-2H3,(H,21,22);1H. The van der Waals surface area contributed by atoms with Gasteiger partial charge in [-0.2, -0.15) is 0 Å². The van der Waals surface area contributed by atoms with Crippen LogP contribution in [0.15, 0.2) is 20.9 Å². The number of nitrogens with zero attached hydrogens (tertiary/aromatic N) is 3. The van der Waals surface area contributed by atoms with Crippen molar-refractivity contribution in [2.24, 2.45) is 10.4 Å². The molecule has 0 bridgehead atoms. The third-order valence-electron chi connectivity index (χ3n) is 5.45. The van der Waals surface area contributed by atoms with Gasteiger partial charge in [-0.25, -0.2) is 0 Å². The Bertz CT molecular complexity index is 600. The zero-order valence-electron chi connectivity index (χ0n) is 16.4. The smallest absolute Gasteiger partial charge is 0.193 e. The minimum atomic E-state index is 0. The van der Waals surface area contributed by atoms with Crippen LogP contribution in [-0.2, 0) is 11.3 Å². The van der Waals surface area contributed by atoms with Gasteiger partial charge in [0.25, 0.3) is 0 Å². The Balaban J connectivity index is 0.00000261. The molecule has 1 aliphatic heterocycles. The molecule has 0 atom stereocenters. The van der Waals surface area contributed by atoms with Crippen LogP contribution < -0.4 is 5.32 Å². The lowest BCUT2D eigenvalue weighted by atomic mass is 10.0. The van der Waals surface area contributed by atoms with E-state index in [0.717, 1.165) is 64.9 Å². The van der Waals surface area contributed by atoms with Gasteiger partial charge in [0, 0.05) is 64.4 Å². The maximum absolute atomic E-state index is 5.54. The predicted molar refractivity (Wildman–Crippen MR) is 128 cm³/mol. The summed E-state index contributed by atoms with van der Waals surface area (Å²) >= 11 is 5.39. The van der Waals surface area contributed by atoms with Gasteiger partial charge in [0.15, 0.2) is 5.96 Å². The maximum atomic E-state index is 5.54. The van der Waals surface area contributed by atoms with Crippen molar-refractivity contribution < 1.29 is 4.74 Å². The van der Waals surface area contributed by atoms with E-state index in [2.05, 4.69) is 55.1 Å². The second-order valence-electron chi connectivity index (χ2n) is 7.32. The van der Waals surface area contributed by atoms with Gasteiger partial charge >= 0.3 is 0 Å². The van der Waals surface area contributed by atoms with Crippen molar-refractivity contribution in [1.29, 1.82) is 0 Å². The van der Waals surface area contributed by atoms with Crippen molar-refractivity contribution in [3.8, 4) is 0 Å². The number of nitrogens with one attached hydrogen (secondary N) is 1. The number of halogens is 2. The van der Waals surface area contributed by atoms with E-state index in [1.54, 1.807) is 0 Å². The average molecular weight is 571 g/mol. The molecule has 154 valence electrons. The summed E-state index contributed by atoms with van der Waals surface area (Å²) in [5.74, 6) is 1.06. The lowest BCUT2D eigenvalue weighted by Crippen LogP contribution is -2.52. The number of guanidine groups is 1. The molecule has 27 heavy (non-hydrogen) atoms. The van der Waals surface area contributed by atoms with Gasteiger partial charge in [0.1, 0.15) is 0 Å². The largest absolute Gasteiger partial charge is 0.382 e. The molecule has 1 saturated heterocycles. The van der Waals surface area contributed by atoms with Crippen molar-refractivity contribution >= 4 is 57.2 Å². The third kappa shape index (κ3) is 7.13. The van der Waals surface area contributed by atoms with E-state index < -0.39 is 0 Å². The van der Waals surface area contributed by atoms with Crippen molar-refractivity contribution in [3.63, 3.8) is 0 Å². The number of piperazine rings is 1. The van der Waals surface area contributed by atoms with E-state index in [1.807, 2.05) is 18.4 Å². The minimum Gasteiger partial charge on any atom is -0.382 e. The molecule has 0 amide bonds. The van der Waals surface area contributed by atoms with Crippen LogP contribution in [0.5, 0.6) is 0 Å². The first-order chi connectivity index (χ1) is 12.6. The maximum Gasteiger partial charge on any atom is 0.193 e. The van der Waals surface area contributed by atoms with Gasteiger partial charge in [0.05, 0.1) is 3.79 Å². The van der Waals surface area contributed by atoms with Crippen LogP contribution in [0.2, 0.25) is 0 Å². The molecule has 3 rings (SSSR count). The summed E-state index contributed by atoms with van der Waals surface area (Å²) in [5, 5.41) is 3.63. The van der Waals surface area contributed by atoms with E-state index in [4.69, 9.17) is 4.74 Å².